The standard InChI is InChI=1S/C12H14BrNO3/c1-4-17-12(16)14-11-7(2)5-9(8(3)15)6-10(11)13/h5-6H,4H2,1-3H3,(H,14,16). The van der Waals surface area contributed by atoms with Gasteiger partial charge >= 0.3 is 6.09 Å². The Morgan fingerprint density at radius 3 is 2.53 bits per heavy atom. The summed E-state index contributed by atoms with van der Waals surface area (Å²) in [4.78, 5) is 22.6. The number of nitrogens with one attached hydrogen (secondary N) is 1. The van der Waals surface area contributed by atoms with Crippen LogP contribution < -0.4 is 5.32 Å². The number of Topliss-reactive ketones (excluding diaryl/α,β-unsaturated/α-hetero) is 1. The molecule has 5 heteroatoms. The molecule has 0 aliphatic heterocycles. The molecule has 1 aromatic carbocycles. The molecule has 1 amide bonds. The number of rotatable bonds is 3. The van der Waals surface area contributed by atoms with Crippen LogP contribution in [0, 0.1) is 6.92 Å². The van der Waals surface area contributed by atoms with Gasteiger partial charge in [-0.2, -0.15) is 0 Å². The number of halogens is 1. The van der Waals surface area contributed by atoms with E-state index >= 15 is 0 Å². The Kier molecular flexibility index (Phi) is 4.69. The van der Waals surface area contributed by atoms with Gasteiger partial charge in [0.15, 0.2) is 5.78 Å². The molecular weight excluding hydrogens is 286 g/mol. The highest BCUT2D eigenvalue weighted by Crippen LogP contribution is 2.28. The molecule has 1 N–H and O–H groups in total. The van der Waals surface area contributed by atoms with Crippen LogP contribution in [0.2, 0.25) is 0 Å². The summed E-state index contributed by atoms with van der Waals surface area (Å²) in [7, 11) is 0. The number of hydrogen-bond acceptors (Lipinski definition) is 3. The molecule has 0 aromatic heterocycles. The molecule has 0 aliphatic rings. The number of anilines is 1. The molecule has 0 bridgehead atoms. The molecular formula is C12H14BrNO3. The van der Waals surface area contributed by atoms with E-state index in [0.29, 0.717) is 22.3 Å². The van der Waals surface area contributed by atoms with Gasteiger partial charge in [0.1, 0.15) is 0 Å². The molecule has 0 atom stereocenters. The fourth-order valence-corrected chi connectivity index (χ4v) is 2.03. The SMILES string of the molecule is CCOC(=O)Nc1c(C)cc(C(C)=O)cc1Br. The maximum atomic E-state index is 11.3. The first kappa shape index (κ1) is 13.7. The van der Waals surface area contributed by atoms with Gasteiger partial charge in [-0.1, -0.05) is 0 Å². The van der Waals surface area contributed by atoms with E-state index in [4.69, 9.17) is 4.74 Å². The lowest BCUT2D eigenvalue weighted by atomic mass is 10.1. The Balaban J connectivity index is 3.01. The fraction of sp³-hybridized carbons (Fsp3) is 0.333. The normalized spacial score (nSPS) is 9.88. The molecule has 4 nitrogen and oxygen atoms in total. The zero-order chi connectivity index (χ0) is 13.0. The quantitative estimate of drug-likeness (QED) is 0.869. The molecule has 92 valence electrons. The highest BCUT2D eigenvalue weighted by atomic mass is 79.9. The lowest BCUT2D eigenvalue weighted by molar-refractivity contribution is 0.101. The number of carbonyl (C=O) groups is 2. The highest BCUT2D eigenvalue weighted by molar-refractivity contribution is 9.10. The van der Waals surface area contributed by atoms with Crippen molar-refractivity contribution >= 4 is 33.5 Å². The molecule has 0 saturated heterocycles. The molecule has 1 aromatic rings. The van der Waals surface area contributed by atoms with Crippen molar-refractivity contribution in [1.82, 2.24) is 0 Å². The van der Waals surface area contributed by atoms with Crippen molar-refractivity contribution in [3.8, 4) is 0 Å². The number of amides is 1. The predicted octanol–water partition coefficient (Wildman–Crippen LogP) is 3.53. The molecule has 17 heavy (non-hydrogen) atoms. The van der Waals surface area contributed by atoms with Gasteiger partial charge < -0.3 is 4.74 Å². The number of aryl methyl sites for hydroxylation is 1. The maximum absolute atomic E-state index is 11.3. The average molecular weight is 300 g/mol. The Labute approximate surface area is 108 Å². The van der Waals surface area contributed by atoms with E-state index in [1.54, 1.807) is 19.1 Å². The number of ketones is 1. The second kappa shape index (κ2) is 5.82. The number of hydrogen-bond donors (Lipinski definition) is 1. The van der Waals surface area contributed by atoms with Crippen LogP contribution in [-0.2, 0) is 4.74 Å². The van der Waals surface area contributed by atoms with Crippen molar-refractivity contribution in [1.29, 1.82) is 0 Å². The Hall–Kier alpha value is -1.36. The van der Waals surface area contributed by atoms with Gasteiger partial charge in [0, 0.05) is 10.0 Å². The summed E-state index contributed by atoms with van der Waals surface area (Å²) in [6, 6.07) is 3.41. The average Bonchev–Trinajstić information content (AvgIpc) is 2.23. The number of carbonyl (C=O) groups excluding carboxylic acids is 2. The summed E-state index contributed by atoms with van der Waals surface area (Å²) >= 11 is 3.32. The van der Waals surface area contributed by atoms with Gasteiger partial charge in [-0.05, 0) is 54.4 Å². The van der Waals surface area contributed by atoms with Crippen molar-refractivity contribution in [3.05, 3.63) is 27.7 Å². The molecule has 0 aliphatic carbocycles. The minimum absolute atomic E-state index is 0.0171. The molecule has 0 saturated carbocycles. The van der Waals surface area contributed by atoms with Crippen molar-refractivity contribution in [2.75, 3.05) is 11.9 Å². The van der Waals surface area contributed by atoms with Crippen LogP contribution in [-0.4, -0.2) is 18.5 Å². The molecule has 0 fully saturated rings. The fourth-order valence-electron chi connectivity index (χ4n) is 1.37. The summed E-state index contributed by atoms with van der Waals surface area (Å²) in [5.41, 5.74) is 2.02. The van der Waals surface area contributed by atoms with Crippen LogP contribution in [0.25, 0.3) is 0 Å². The highest BCUT2D eigenvalue weighted by Gasteiger charge is 2.11. The van der Waals surface area contributed by atoms with Crippen molar-refractivity contribution in [3.63, 3.8) is 0 Å². The van der Waals surface area contributed by atoms with Crippen molar-refractivity contribution in [2.24, 2.45) is 0 Å². The monoisotopic (exact) mass is 299 g/mol. The molecule has 1 rings (SSSR count). The topological polar surface area (TPSA) is 55.4 Å². The van der Waals surface area contributed by atoms with Gasteiger partial charge in [0.05, 0.1) is 12.3 Å². The maximum Gasteiger partial charge on any atom is 0.411 e. The third-order valence-corrected chi connectivity index (χ3v) is 2.82. The minimum atomic E-state index is -0.508. The van der Waals surface area contributed by atoms with E-state index in [2.05, 4.69) is 21.2 Å². The smallest absolute Gasteiger partial charge is 0.411 e. The van der Waals surface area contributed by atoms with Crippen LogP contribution in [0.5, 0.6) is 0 Å². The molecule has 0 unspecified atom stereocenters. The van der Waals surface area contributed by atoms with Crippen LogP contribution in [0.1, 0.15) is 29.8 Å². The molecule has 0 heterocycles. The summed E-state index contributed by atoms with van der Waals surface area (Å²) < 4.78 is 5.46. The van der Waals surface area contributed by atoms with E-state index < -0.39 is 6.09 Å². The Bertz CT molecular complexity index is 434. The summed E-state index contributed by atoms with van der Waals surface area (Å²) in [5.74, 6) is -0.0171. The lowest BCUT2D eigenvalue weighted by Gasteiger charge is -2.11. The summed E-state index contributed by atoms with van der Waals surface area (Å²) in [6.07, 6.45) is -0.508. The Morgan fingerprint density at radius 1 is 1.41 bits per heavy atom. The zero-order valence-electron chi connectivity index (χ0n) is 9.96. The first-order chi connectivity index (χ1) is 7.95. The van der Waals surface area contributed by atoms with E-state index in [0.717, 1.165) is 5.56 Å². The van der Waals surface area contributed by atoms with Crippen molar-refractivity contribution in [2.45, 2.75) is 20.8 Å². The zero-order valence-corrected chi connectivity index (χ0v) is 11.6. The van der Waals surface area contributed by atoms with Gasteiger partial charge in [-0.15, -0.1) is 0 Å². The van der Waals surface area contributed by atoms with E-state index in [9.17, 15) is 9.59 Å². The van der Waals surface area contributed by atoms with Crippen LogP contribution in [0.3, 0.4) is 0 Å². The van der Waals surface area contributed by atoms with Crippen LogP contribution in [0.4, 0.5) is 10.5 Å². The minimum Gasteiger partial charge on any atom is -0.450 e. The van der Waals surface area contributed by atoms with Gasteiger partial charge in [-0.25, -0.2) is 4.79 Å². The van der Waals surface area contributed by atoms with Gasteiger partial charge in [0.25, 0.3) is 0 Å². The number of benzene rings is 1. The number of ether oxygens (including phenoxy) is 1. The lowest BCUT2D eigenvalue weighted by Crippen LogP contribution is -2.14. The van der Waals surface area contributed by atoms with Crippen molar-refractivity contribution < 1.29 is 14.3 Å². The van der Waals surface area contributed by atoms with E-state index in [-0.39, 0.29) is 5.78 Å². The molecule has 0 spiro atoms. The van der Waals surface area contributed by atoms with E-state index in [1.165, 1.54) is 6.92 Å². The van der Waals surface area contributed by atoms with Gasteiger partial charge in [0.2, 0.25) is 0 Å². The summed E-state index contributed by atoms with van der Waals surface area (Å²) in [6.45, 7) is 5.37. The predicted molar refractivity (Wildman–Crippen MR) is 69.5 cm³/mol. The summed E-state index contributed by atoms with van der Waals surface area (Å²) in [5, 5.41) is 2.63. The molecule has 0 radical (unpaired) electrons. The van der Waals surface area contributed by atoms with Gasteiger partial charge in [-0.3, -0.25) is 10.1 Å². The van der Waals surface area contributed by atoms with Crippen LogP contribution in [0.15, 0.2) is 16.6 Å². The third kappa shape index (κ3) is 3.56. The van der Waals surface area contributed by atoms with E-state index in [1.807, 2.05) is 6.92 Å². The van der Waals surface area contributed by atoms with Crippen LogP contribution >= 0.6 is 15.9 Å². The first-order valence-electron chi connectivity index (χ1n) is 5.20. The Morgan fingerprint density at radius 2 is 2.06 bits per heavy atom. The second-order valence-corrected chi connectivity index (χ2v) is 4.41. The second-order valence-electron chi connectivity index (χ2n) is 3.55. The largest absolute Gasteiger partial charge is 0.450 e. The third-order valence-electron chi connectivity index (χ3n) is 2.20. The first-order valence-corrected chi connectivity index (χ1v) is 5.99.